The van der Waals surface area contributed by atoms with Gasteiger partial charge in [-0.3, -0.25) is 9.36 Å². The number of benzene rings is 1. The lowest BCUT2D eigenvalue weighted by Gasteiger charge is -2.12. The number of halogens is 3. The van der Waals surface area contributed by atoms with Crippen molar-refractivity contribution < 1.29 is 13.5 Å². The summed E-state index contributed by atoms with van der Waals surface area (Å²) in [6.07, 6.45) is 3.56. The molecule has 0 saturated heterocycles. The molecule has 1 aromatic carbocycles. The third kappa shape index (κ3) is 3.30. The third-order valence-corrected chi connectivity index (χ3v) is 4.04. The number of ether oxygens (including phenoxy) is 1. The van der Waals surface area contributed by atoms with Crippen molar-refractivity contribution in [2.75, 3.05) is 5.32 Å². The molecule has 2 heterocycles. The van der Waals surface area contributed by atoms with Crippen molar-refractivity contribution in [3.63, 3.8) is 0 Å². The minimum Gasteiger partial charge on any atom is -0.435 e. The summed E-state index contributed by atoms with van der Waals surface area (Å²) in [4.78, 5) is 25.1. The highest BCUT2D eigenvalue weighted by molar-refractivity contribution is 6.29. The summed E-state index contributed by atoms with van der Waals surface area (Å²) < 4.78 is 30.2. The molecule has 0 atom stereocenters. The molecule has 1 N–H and O–H groups in total. The van der Waals surface area contributed by atoms with Gasteiger partial charge in [-0.05, 0) is 37.1 Å². The Morgan fingerprint density at radius 3 is 2.62 bits per heavy atom. The van der Waals surface area contributed by atoms with Crippen LogP contribution < -0.4 is 15.6 Å². The number of anilines is 1. The van der Waals surface area contributed by atoms with Crippen LogP contribution in [0, 0.1) is 0 Å². The van der Waals surface area contributed by atoms with E-state index in [0.717, 1.165) is 12.8 Å². The number of nitrogens with one attached hydrogen (secondary N) is 1. The minimum atomic E-state index is -2.93. The minimum absolute atomic E-state index is 0.0213. The predicted molar refractivity (Wildman–Crippen MR) is 91.2 cm³/mol. The number of fused-ring (bicyclic) bond motifs is 1. The summed E-state index contributed by atoms with van der Waals surface area (Å²) in [7, 11) is 0. The number of aromatic nitrogens is 4. The molecule has 134 valence electrons. The molecule has 1 aliphatic carbocycles. The van der Waals surface area contributed by atoms with Gasteiger partial charge >= 0.3 is 6.61 Å². The van der Waals surface area contributed by atoms with Crippen molar-refractivity contribution in [2.45, 2.75) is 25.5 Å². The van der Waals surface area contributed by atoms with Crippen LogP contribution in [0.3, 0.4) is 0 Å². The van der Waals surface area contributed by atoms with Crippen molar-refractivity contribution in [3.8, 4) is 11.4 Å². The van der Waals surface area contributed by atoms with Gasteiger partial charge in [-0.15, -0.1) is 0 Å². The highest BCUT2D eigenvalue weighted by Crippen LogP contribution is 2.24. The first kappa shape index (κ1) is 16.6. The van der Waals surface area contributed by atoms with Crippen molar-refractivity contribution >= 4 is 28.7 Å². The lowest BCUT2D eigenvalue weighted by atomic mass is 10.3. The van der Waals surface area contributed by atoms with Crippen LogP contribution in [0.2, 0.25) is 5.15 Å². The molecular formula is C16H12ClF2N5O2. The first-order chi connectivity index (χ1) is 12.5. The second kappa shape index (κ2) is 6.49. The van der Waals surface area contributed by atoms with Gasteiger partial charge in [0.05, 0.1) is 11.9 Å². The molecule has 4 rings (SSSR count). The Labute approximate surface area is 150 Å². The smallest absolute Gasteiger partial charge is 0.387 e. The van der Waals surface area contributed by atoms with Crippen molar-refractivity contribution in [1.82, 2.24) is 19.5 Å². The van der Waals surface area contributed by atoms with E-state index in [1.807, 2.05) is 0 Å². The van der Waals surface area contributed by atoms with Crippen LogP contribution >= 0.6 is 11.6 Å². The van der Waals surface area contributed by atoms with Crippen LogP contribution in [-0.4, -0.2) is 32.2 Å². The van der Waals surface area contributed by atoms with E-state index in [0.29, 0.717) is 23.2 Å². The summed E-state index contributed by atoms with van der Waals surface area (Å²) >= 11 is 5.94. The van der Waals surface area contributed by atoms with E-state index < -0.39 is 12.2 Å². The van der Waals surface area contributed by atoms with Gasteiger partial charge in [0.25, 0.3) is 5.56 Å². The zero-order chi connectivity index (χ0) is 18.3. The van der Waals surface area contributed by atoms with Crippen LogP contribution in [-0.2, 0) is 0 Å². The average Bonchev–Trinajstić information content (AvgIpc) is 3.41. The molecule has 10 heteroatoms. The van der Waals surface area contributed by atoms with Crippen LogP contribution in [0.5, 0.6) is 5.75 Å². The Balaban J connectivity index is 1.83. The molecule has 0 amide bonds. The zero-order valence-electron chi connectivity index (χ0n) is 13.2. The van der Waals surface area contributed by atoms with Crippen molar-refractivity contribution in [1.29, 1.82) is 0 Å². The molecule has 0 radical (unpaired) electrons. The van der Waals surface area contributed by atoms with Crippen LogP contribution in [0.4, 0.5) is 14.7 Å². The first-order valence-corrected chi connectivity index (χ1v) is 8.16. The van der Waals surface area contributed by atoms with Gasteiger partial charge in [0.15, 0.2) is 10.8 Å². The maximum atomic E-state index is 12.5. The van der Waals surface area contributed by atoms with Crippen LogP contribution in [0.1, 0.15) is 12.8 Å². The Hall–Kier alpha value is -2.81. The number of hydrogen-bond acceptors (Lipinski definition) is 6. The van der Waals surface area contributed by atoms with Gasteiger partial charge in [-0.1, -0.05) is 11.6 Å². The van der Waals surface area contributed by atoms with E-state index in [1.165, 1.54) is 35.0 Å². The fourth-order valence-corrected chi connectivity index (χ4v) is 2.62. The van der Waals surface area contributed by atoms with E-state index >= 15 is 0 Å². The molecule has 1 saturated carbocycles. The summed E-state index contributed by atoms with van der Waals surface area (Å²) in [5.41, 5.74) is 0.420. The SMILES string of the molecule is O=c1c(Cl)nc2cnc(NC3CC3)nc2n1-c1ccc(OC(F)F)cc1. The van der Waals surface area contributed by atoms with Crippen molar-refractivity contribution in [2.24, 2.45) is 0 Å². The monoisotopic (exact) mass is 379 g/mol. The second-order valence-electron chi connectivity index (χ2n) is 5.74. The number of alkyl halides is 2. The maximum absolute atomic E-state index is 12.5. The molecule has 0 spiro atoms. The molecule has 26 heavy (non-hydrogen) atoms. The van der Waals surface area contributed by atoms with Gasteiger partial charge in [-0.2, -0.15) is 13.8 Å². The Bertz CT molecular complexity index is 1020. The highest BCUT2D eigenvalue weighted by atomic mass is 35.5. The summed E-state index contributed by atoms with van der Waals surface area (Å²) in [6, 6.07) is 5.92. The van der Waals surface area contributed by atoms with Gasteiger partial charge in [0.2, 0.25) is 5.95 Å². The quantitative estimate of drug-likeness (QED) is 0.734. The summed E-state index contributed by atoms with van der Waals surface area (Å²) in [6.45, 7) is -2.93. The van der Waals surface area contributed by atoms with Gasteiger partial charge in [-0.25, -0.2) is 9.97 Å². The van der Waals surface area contributed by atoms with E-state index in [4.69, 9.17) is 11.6 Å². The average molecular weight is 380 g/mol. The molecule has 0 bridgehead atoms. The standard InChI is InChI=1S/C16H12ClF2N5O2/c17-12-14(25)24(9-3-5-10(6-4-9)26-15(18)19)13-11(22-12)7-20-16(23-13)21-8-1-2-8/h3-8,15H,1-2H2,(H,20,21,23). The molecule has 2 aromatic heterocycles. The van der Waals surface area contributed by atoms with E-state index in [-0.39, 0.29) is 16.5 Å². The fraction of sp³-hybridized carbons (Fsp3) is 0.250. The normalized spacial score (nSPS) is 14.0. The Kier molecular flexibility index (Phi) is 4.15. The van der Waals surface area contributed by atoms with Crippen molar-refractivity contribution in [3.05, 3.63) is 46.0 Å². The van der Waals surface area contributed by atoms with E-state index in [2.05, 4.69) is 25.0 Å². The fourth-order valence-electron chi connectivity index (χ4n) is 2.45. The van der Waals surface area contributed by atoms with E-state index in [9.17, 15) is 13.6 Å². The van der Waals surface area contributed by atoms with Crippen LogP contribution in [0.15, 0.2) is 35.3 Å². The molecule has 1 aliphatic rings. The summed E-state index contributed by atoms with van der Waals surface area (Å²) in [5, 5.41) is 2.91. The highest BCUT2D eigenvalue weighted by Gasteiger charge is 2.22. The summed E-state index contributed by atoms with van der Waals surface area (Å²) in [5.74, 6) is 0.363. The molecule has 0 aliphatic heterocycles. The predicted octanol–water partition coefficient (Wildman–Crippen LogP) is 3.00. The second-order valence-corrected chi connectivity index (χ2v) is 6.09. The number of hydrogen-bond donors (Lipinski definition) is 1. The van der Waals surface area contributed by atoms with Gasteiger partial charge in [0, 0.05) is 6.04 Å². The Morgan fingerprint density at radius 1 is 1.23 bits per heavy atom. The third-order valence-electron chi connectivity index (χ3n) is 3.79. The molecule has 0 unspecified atom stereocenters. The molecule has 7 nitrogen and oxygen atoms in total. The molecule has 3 aromatic rings. The lowest BCUT2D eigenvalue weighted by molar-refractivity contribution is -0.0498. The Morgan fingerprint density at radius 2 is 1.96 bits per heavy atom. The van der Waals surface area contributed by atoms with Gasteiger partial charge < -0.3 is 10.1 Å². The number of nitrogens with zero attached hydrogens (tertiary/aromatic N) is 4. The van der Waals surface area contributed by atoms with E-state index in [1.54, 1.807) is 0 Å². The zero-order valence-corrected chi connectivity index (χ0v) is 14.0. The molecular weight excluding hydrogens is 368 g/mol. The van der Waals surface area contributed by atoms with Crippen LogP contribution in [0.25, 0.3) is 16.9 Å². The largest absolute Gasteiger partial charge is 0.435 e. The number of rotatable bonds is 5. The topological polar surface area (TPSA) is 81.9 Å². The maximum Gasteiger partial charge on any atom is 0.387 e. The first-order valence-electron chi connectivity index (χ1n) is 7.78. The lowest BCUT2D eigenvalue weighted by Crippen LogP contribution is -2.22. The van der Waals surface area contributed by atoms with Gasteiger partial charge in [0.1, 0.15) is 11.3 Å². The molecule has 1 fully saturated rings.